The predicted octanol–water partition coefficient (Wildman–Crippen LogP) is 3.40. The lowest BCUT2D eigenvalue weighted by Crippen LogP contribution is -2.52. The van der Waals surface area contributed by atoms with Gasteiger partial charge in [-0.1, -0.05) is 12.1 Å². The standard InChI is InChI=1S/C21H20F4N2O3/c22-17-7-5-15(6-8-17)20(9-11-30-12-10-20)27-18(28)13-26-19(29)14-1-3-16(4-2-14)21(23,24)25/h1-8H,9-13H2,(H,26,29)(H,27,28). The summed E-state index contributed by atoms with van der Waals surface area (Å²) in [6.07, 6.45) is -3.53. The van der Waals surface area contributed by atoms with Gasteiger partial charge in [-0.15, -0.1) is 0 Å². The van der Waals surface area contributed by atoms with Gasteiger partial charge in [0.15, 0.2) is 0 Å². The van der Waals surface area contributed by atoms with E-state index in [4.69, 9.17) is 4.74 Å². The van der Waals surface area contributed by atoms with E-state index in [2.05, 4.69) is 10.6 Å². The molecule has 1 fully saturated rings. The van der Waals surface area contributed by atoms with Gasteiger partial charge in [0.05, 0.1) is 17.6 Å². The van der Waals surface area contributed by atoms with Crippen LogP contribution in [0.3, 0.4) is 0 Å². The highest BCUT2D eigenvalue weighted by atomic mass is 19.4. The van der Waals surface area contributed by atoms with Crippen LogP contribution in [0.15, 0.2) is 48.5 Å². The second-order valence-corrected chi connectivity index (χ2v) is 7.01. The first-order valence-corrected chi connectivity index (χ1v) is 9.30. The number of benzene rings is 2. The van der Waals surface area contributed by atoms with E-state index < -0.39 is 34.9 Å². The fourth-order valence-electron chi connectivity index (χ4n) is 3.36. The molecular weight excluding hydrogens is 404 g/mol. The second kappa shape index (κ2) is 8.83. The van der Waals surface area contributed by atoms with Crippen LogP contribution in [0.2, 0.25) is 0 Å². The van der Waals surface area contributed by atoms with Crippen LogP contribution < -0.4 is 10.6 Å². The van der Waals surface area contributed by atoms with E-state index in [9.17, 15) is 27.2 Å². The zero-order valence-electron chi connectivity index (χ0n) is 15.9. The lowest BCUT2D eigenvalue weighted by molar-refractivity contribution is -0.137. The third-order valence-corrected chi connectivity index (χ3v) is 5.01. The molecule has 1 heterocycles. The molecule has 2 amide bonds. The van der Waals surface area contributed by atoms with Crippen molar-refractivity contribution >= 4 is 11.8 Å². The van der Waals surface area contributed by atoms with Gasteiger partial charge in [0, 0.05) is 18.8 Å². The first kappa shape index (κ1) is 21.8. The summed E-state index contributed by atoms with van der Waals surface area (Å²) in [7, 11) is 0. The van der Waals surface area contributed by atoms with Gasteiger partial charge < -0.3 is 15.4 Å². The minimum Gasteiger partial charge on any atom is -0.381 e. The number of amides is 2. The normalized spacial score (nSPS) is 16.0. The molecule has 0 saturated carbocycles. The quantitative estimate of drug-likeness (QED) is 0.723. The van der Waals surface area contributed by atoms with Crippen LogP contribution >= 0.6 is 0 Å². The predicted molar refractivity (Wildman–Crippen MR) is 100 cm³/mol. The summed E-state index contributed by atoms with van der Waals surface area (Å²) in [4.78, 5) is 24.6. The lowest BCUT2D eigenvalue weighted by atomic mass is 9.82. The molecule has 9 heteroatoms. The summed E-state index contributed by atoms with van der Waals surface area (Å²) in [6.45, 7) is 0.467. The Kier molecular flexibility index (Phi) is 6.40. The molecule has 3 rings (SSSR count). The molecule has 2 N–H and O–H groups in total. The second-order valence-electron chi connectivity index (χ2n) is 7.01. The molecule has 1 saturated heterocycles. The van der Waals surface area contributed by atoms with E-state index in [1.54, 1.807) is 12.1 Å². The fraction of sp³-hybridized carbons (Fsp3) is 0.333. The van der Waals surface area contributed by atoms with Crippen molar-refractivity contribution in [1.82, 2.24) is 10.6 Å². The summed E-state index contributed by atoms with van der Waals surface area (Å²) >= 11 is 0. The van der Waals surface area contributed by atoms with Crippen LogP contribution in [0.5, 0.6) is 0 Å². The van der Waals surface area contributed by atoms with Crippen LogP contribution in [0, 0.1) is 5.82 Å². The molecule has 5 nitrogen and oxygen atoms in total. The zero-order chi connectivity index (χ0) is 21.8. The SMILES string of the molecule is O=C(CNC(=O)c1ccc(C(F)(F)F)cc1)NC1(c2ccc(F)cc2)CCOCC1. The third kappa shape index (κ3) is 5.15. The van der Waals surface area contributed by atoms with Crippen molar-refractivity contribution in [3.63, 3.8) is 0 Å². The Morgan fingerprint density at radius 3 is 2.13 bits per heavy atom. The highest BCUT2D eigenvalue weighted by molar-refractivity contribution is 5.96. The molecule has 0 radical (unpaired) electrons. The fourth-order valence-corrected chi connectivity index (χ4v) is 3.36. The van der Waals surface area contributed by atoms with Crippen LogP contribution in [-0.2, 0) is 21.2 Å². The van der Waals surface area contributed by atoms with Gasteiger partial charge in [-0.05, 0) is 54.8 Å². The summed E-state index contributed by atoms with van der Waals surface area (Å²) in [6, 6.07) is 9.53. The first-order valence-electron chi connectivity index (χ1n) is 9.30. The van der Waals surface area contributed by atoms with E-state index in [1.807, 2.05) is 0 Å². The average molecular weight is 424 g/mol. The lowest BCUT2D eigenvalue weighted by Gasteiger charge is -2.38. The topological polar surface area (TPSA) is 67.4 Å². The molecule has 30 heavy (non-hydrogen) atoms. The first-order chi connectivity index (χ1) is 14.2. The van der Waals surface area contributed by atoms with Crippen molar-refractivity contribution in [1.29, 1.82) is 0 Å². The average Bonchev–Trinajstić information content (AvgIpc) is 2.72. The maximum Gasteiger partial charge on any atom is 0.416 e. The maximum atomic E-state index is 13.3. The van der Waals surface area contributed by atoms with Gasteiger partial charge in [-0.2, -0.15) is 13.2 Å². The molecule has 2 aromatic carbocycles. The molecule has 0 unspecified atom stereocenters. The van der Waals surface area contributed by atoms with E-state index in [-0.39, 0.29) is 12.1 Å². The van der Waals surface area contributed by atoms with Gasteiger partial charge in [-0.3, -0.25) is 9.59 Å². The monoisotopic (exact) mass is 424 g/mol. The molecule has 0 atom stereocenters. The van der Waals surface area contributed by atoms with Gasteiger partial charge >= 0.3 is 6.18 Å². The molecule has 160 valence electrons. The van der Waals surface area contributed by atoms with Crippen molar-refractivity contribution < 1.29 is 31.9 Å². The van der Waals surface area contributed by atoms with Gasteiger partial charge in [-0.25, -0.2) is 4.39 Å². The van der Waals surface area contributed by atoms with Crippen molar-refractivity contribution in [2.75, 3.05) is 19.8 Å². The Labute approximate surface area is 170 Å². The minimum atomic E-state index is -4.49. The Morgan fingerprint density at radius 2 is 1.57 bits per heavy atom. The highest BCUT2D eigenvalue weighted by Crippen LogP contribution is 2.32. The van der Waals surface area contributed by atoms with Gasteiger partial charge in [0.2, 0.25) is 5.91 Å². The van der Waals surface area contributed by atoms with Crippen LogP contribution in [-0.4, -0.2) is 31.6 Å². The van der Waals surface area contributed by atoms with Crippen molar-refractivity contribution in [3.05, 3.63) is 71.0 Å². The number of carbonyl (C=O) groups is 2. The van der Waals surface area contributed by atoms with Crippen LogP contribution in [0.25, 0.3) is 0 Å². The Bertz CT molecular complexity index is 890. The number of nitrogens with one attached hydrogen (secondary N) is 2. The number of hydrogen-bond acceptors (Lipinski definition) is 3. The molecule has 0 aromatic heterocycles. The number of alkyl halides is 3. The van der Waals surface area contributed by atoms with Crippen LogP contribution in [0.4, 0.5) is 17.6 Å². The number of carbonyl (C=O) groups excluding carboxylic acids is 2. The number of hydrogen-bond donors (Lipinski definition) is 2. The molecule has 2 aromatic rings. The Morgan fingerprint density at radius 1 is 0.967 bits per heavy atom. The summed E-state index contributed by atoms with van der Waals surface area (Å²) in [5.41, 5.74) is -0.871. The van der Waals surface area contributed by atoms with E-state index in [0.29, 0.717) is 26.1 Å². The van der Waals surface area contributed by atoms with E-state index in [1.165, 1.54) is 12.1 Å². The van der Waals surface area contributed by atoms with E-state index in [0.717, 1.165) is 29.8 Å². The maximum absolute atomic E-state index is 13.3. The van der Waals surface area contributed by atoms with Crippen molar-refractivity contribution in [3.8, 4) is 0 Å². The smallest absolute Gasteiger partial charge is 0.381 e. The van der Waals surface area contributed by atoms with Gasteiger partial charge in [0.25, 0.3) is 5.91 Å². The summed E-state index contributed by atoms with van der Waals surface area (Å²) in [5.74, 6) is -1.53. The number of rotatable bonds is 5. The molecule has 0 spiro atoms. The third-order valence-electron chi connectivity index (χ3n) is 5.01. The van der Waals surface area contributed by atoms with Crippen LogP contribution in [0.1, 0.15) is 34.3 Å². The number of ether oxygens (including phenoxy) is 1. The largest absolute Gasteiger partial charge is 0.416 e. The highest BCUT2D eigenvalue weighted by Gasteiger charge is 2.36. The molecule has 0 bridgehead atoms. The molecule has 0 aliphatic carbocycles. The van der Waals surface area contributed by atoms with Gasteiger partial charge in [0.1, 0.15) is 5.82 Å². The molecule has 1 aliphatic rings. The Hall–Kier alpha value is -2.94. The minimum absolute atomic E-state index is 0.00937. The zero-order valence-corrected chi connectivity index (χ0v) is 15.9. The van der Waals surface area contributed by atoms with Crippen molar-refractivity contribution in [2.45, 2.75) is 24.6 Å². The molecular formula is C21H20F4N2O3. The molecule has 1 aliphatic heterocycles. The number of halogens is 4. The van der Waals surface area contributed by atoms with E-state index >= 15 is 0 Å². The summed E-state index contributed by atoms with van der Waals surface area (Å²) in [5, 5.41) is 5.30. The Balaban J connectivity index is 1.63. The van der Waals surface area contributed by atoms with Crippen molar-refractivity contribution in [2.24, 2.45) is 0 Å². The summed E-state index contributed by atoms with van der Waals surface area (Å²) < 4.78 is 56.5.